The number of rotatable bonds is 6. The van der Waals surface area contributed by atoms with Crippen LogP contribution in [0.3, 0.4) is 0 Å². The Morgan fingerprint density at radius 2 is 1.79 bits per heavy atom. The summed E-state index contributed by atoms with van der Waals surface area (Å²) in [5.74, 6) is -0.703. The second-order valence-corrected chi connectivity index (χ2v) is 8.39. The number of hydrogen-bond acceptors (Lipinski definition) is 3. The molecule has 0 aromatic heterocycles. The minimum absolute atomic E-state index is 0.101. The van der Waals surface area contributed by atoms with Gasteiger partial charge in [-0.05, 0) is 72.0 Å². The van der Waals surface area contributed by atoms with Gasteiger partial charge in [0.15, 0.2) is 6.10 Å². The molecule has 4 rings (SSSR count). The van der Waals surface area contributed by atoms with Crippen molar-refractivity contribution in [1.82, 2.24) is 10.2 Å². The lowest BCUT2D eigenvalue weighted by molar-refractivity contribution is -0.131. The van der Waals surface area contributed by atoms with Crippen molar-refractivity contribution in [3.8, 4) is 5.75 Å². The zero-order valence-corrected chi connectivity index (χ0v) is 19.1. The Bertz CT molecular complexity index is 1210. The van der Waals surface area contributed by atoms with Crippen molar-refractivity contribution in [2.24, 2.45) is 0 Å². The molecule has 3 aromatic carbocycles. The molecule has 0 spiro atoms. The van der Waals surface area contributed by atoms with Gasteiger partial charge < -0.3 is 15.0 Å². The summed E-state index contributed by atoms with van der Waals surface area (Å²) in [6.45, 7) is 3.85. The van der Waals surface area contributed by atoms with Crippen LogP contribution in [0, 0.1) is 11.6 Å². The van der Waals surface area contributed by atoms with Crippen LogP contribution >= 0.6 is 0 Å². The summed E-state index contributed by atoms with van der Waals surface area (Å²) in [5.41, 5.74) is 3.21. The summed E-state index contributed by atoms with van der Waals surface area (Å²) < 4.78 is 33.2. The van der Waals surface area contributed by atoms with Gasteiger partial charge in [0.25, 0.3) is 5.91 Å². The van der Waals surface area contributed by atoms with Crippen molar-refractivity contribution >= 4 is 11.8 Å². The van der Waals surface area contributed by atoms with E-state index in [1.54, 1.807) is 42.2 Å². The zero-order chi connectivity index (χ0) is 24.2. The van der Waals surface area contributed by atoms with E-state index < -0.39 is 12.1 Å². The predicted molar refractivity (Wildman–Crippen MR) is 124 cm³/mol. The van der Waals surface area contributed by atoms with E-state index in [2.05, 4.69) is 5.32 Å². The van der Waals surface area contributed by atoms with Gasteiger partial charge in [-0.1, -0.05) is 30.3 Å². The molecule has 34 heavy (non-hydrogen) atoms. The number of nitrogens with zero attached hydrogens (tertiary/aromatic N) is 1. The molecule has 0 saturated carbocycles. The highest BCUT2D eigenvalue weighted by Gasteiger charge is 2.31. The van der Waals surface area contributed by atoms with Crippen LogP contribution in [0.1, 0.15) is 42.1 Å². The number of fused-ring (bicyclic) bond motifs is 1. The Labute approximate surface area is 197 Å². The van der Waals surface area contributed by atoms with E-state index in [0.717, 1.165) is 11.1 Å². The van der Waals surface area contributed by atoms with Crippen molar-refractivity contribution in [1.29, 1.82) is 0 Å². The number of carbonyl (C=O) groups excluding carboxylic acids is 2. The van der Waals surface area contributed by atoms with Crippen molar-refractivity contribution in [3.63, 3.8) is 0 Å². The van der Waals surface area contributed by atoms with Gasteiger partial charge in [0.1, 0.15) is 17.4 Å². The smallest absolute Gasteiger partial charge is 0.261 e. The first-order chi connectivity index (χ1) is 16.3. The molecular weight excluding hydrogens is 438 g/mol. The van der Waals surface area contributed by atoms with Crippen molar-refractivity contribution in [2.45, 2.75) is 39.0 Å². The van der Waals surface area contributed by atoms with Crippen LogP contribution in [0.15, 0.2) is 66.7 Å². The van der Waals surface area contributed by atoms with Gasteiger partial charge in [-0.25, -0.2) is 8.78 Å². The fraction of sp³-hybridized carbons (Fsp3) is 0.259. The molecular formula is C27H26F2N2O3. The van der Waals surface area contributed by atoms with E-state index in [0.29, 0.717) is 29.8 Å². The minimum atomic E-state index is -0.799. The van der Waals surface area contributed by atoms with Gasteiger partial charge in [-0.15, -0.1) is 0 Å². The number of amides is 2. The van der Waals surface area contributed by atoms with Crippen molar-refractivity contribution < 1.29 is 23.1 Å². The Balaban J connectivity index is 1.53. The first-order valence-electron chi connectivity index (χ1n) is 11.2. The van der Waals surface area contributed by atoms with Crippen molar-refractivity contribution in [3.05, 3.63) is 101 Å². The van der Waals surface area contributed by atoms with Gasteiger partial charge in [0.05, 0.1) is 6.04 Å². The second kappa shape index (κ2) is 10.0. The quantitative estimate of drug-likeness (QED) is 0.583. The number of halogens is 2. The fourth-order valence-electron chi connectivity index (χ4n) is 4.28. The minimum Gasteiger partial charge on any atom is -0.481 e. The number of nitrogens with one attached hydrogen (secondary N) is 1. The van der Waals surface area contributed by atoms with Crippen LogP contribution in [0.5, 0.6) is 5.75 Å². The Hall–Kier alpha value is -3.74. The van der Waals surface area contributed by atoms with Gasteiger partial charge >= 0.3 is 0 Å². The molecule has 0 radical (unpaired) electrons. The normalized spacial score (nSPS) is 15.9. The van der Waals surface area contributed by atoms with Gasteiger partial charge in [0.2, 0.25) is 5.91 Å². The largest absolute Gasteiger partial charge is 0.481 e. The highest BCUT2D eigenvalue weighted by Crippen LogP contribution is 2.37. The lowest BCUT2D eigenvalue weighted by atomic mass is 9.88. The van der Waals surface area contributed by atoms with E-state index in [4.69, 9.17) is 4.74 Å². The van der Waals surface area contributed by atoms with E-state index in [-0.39, 0.29) is 30.0 Å². The molecule has 3 aromatic rings. The molecule has 0 saturated heterocycles. The molecule has 2 unspecified atom stereocenters. The van der Waals surface area contributed by atoms with Crippen LogP contribution < -0.4 is 10.1 Å². The summed E-state index contributed by atoms with van der Waals surface area (Å²) >= 11 is 0. The fourth-order valence-corrected chi connectivity index (χ4v) is 4.28. The number of ether oxygens (including phenoxy) is 1. The Morgan fingerprint density at radius 1 is 1.06 bits per heavy atom. The van der Waals surface area contributed by atoms with Crippen LogP contribution in [-0.4, -0.2) is 29.4 Å². The lowest BCUT2D eigenvalue weighted by Crippen LogP contribution is -2.39. The maximum Gasteiger partial charge on any atom is 0.261 e. The summed E-state index contributed by atoms with van der Waals surface area (Å²) in [6, 6.07) is 17.3. The summed E-state index contributed by atoms with van der Waals surface area (Å²) in [5, 5.41) is 2.75. The first-order valence-corrected chi connectivity index (χ1v) is 11.2. The van der Waals surface area contributed by atoms with E-state index in [1.807, 2.05) is 12.1 Å². The third-order valence-electron chi connectivity index (χ3n) is 5.95. The molecule has 7 heteroatoms. The number of benzene rings is 3. The van der Waals surface area contributed by atoms with Crippen molar-refractivity contribution in [2.75, 3.05) is 6.54 Å². The van der Waals surface area contributed by atoms with E-state index >= 15 is 0 Å². The highest BCUT2D eigenvalue weighted by molar-refractivity contribution is 5.80. The molecule has 1 aliphatic rings. The molecule has 2 amide bonds. The maximum atomic E-state index is 14.0. The van der Waals surface area contributed by atoms with Crippen LogP contribution in [0.4, 0.5) is 8.78 Å². The average molecular weight is 465 g/mol. The average Bonchev–Trinajstić information content (AvgIpc) is 2.81. The molecule has 1 aliphatic heterocycles. The van der Waals surface area contributed by atoms with E-state index in [1.165, 1.54) is 31.2 Å². The molecule has 0 bridgehead atoms. The second-order valence-electron chi connectivity index (χ2n) is 8.39. The standard InChI is InChI=1S/C27H26F2N2O3/c1-17(27(33)30-16-19-5-3-7-22(28)13-19)34-24-10-9-20-11-12-31(18(2)32)26(25(20)15-24)21-6-4-8-23(29)14-21/h3-10,13-15,17,26H,11-12,16H2,1-2H3,(H,30,33). The molecule has 5 nitrogen and oxygen atoms in total. The van der Waals surface area contributed by atoms with Gasteiger partial charge in [-0.2, -0.15) is 0 Å². The zero-order valence-electron chi connectivity index (χ0n) is 19.1. The van der Waals surface area contributed by atoms with Crippen LogP contribution in [0.25, 0.3) is 0 Å². The third-order valence-corrected chi connectivity index (χ3v) is 5.95. The molecule has 176 valence electrons. The molecule has 1 heterocycles. The van der Waals surface area contributed by atoms with E-state index in [9.17, 15) is 18.4 Å². The number of carbonyl (C=O) groups is 2. The van der Waals surface area contributed by atoms with Gasteiger partial charge in [-0.3, -0.25) is 9.59 Å². The number of hydrogen-bond donors (Lipinski definition) is 1. The lowest BCUT2D eigenvalue weighted by Gasteiger charge is -2.37. The summed E-state index contributed by atoms with van der Waals surface area (Å²) in [4.78, 5) is 26.6. The Morgan fingerprint density at radius 3 is 2.50 bits per heavy atom. The summed E-state index contributed by atoms with van der Waals surface area (Å²) in [7, 11) is 0. The van der Waals surface area contributed by atoms with Crippen LogP contribution in [0.2, 0.25) is 0 Å². The molecule has 1 N–H and O–H groups in total. The summed E-state index contributed by atoms with van der Waals surface area (Å²) in [6.07, 6.45) is -0.128. The SMILES string of the molecule is CC(=O)N1CCc2ccc(OC(C)C(=O)NCc3cccc(F)c3)cc2C1c1cccc(F)c1. The Kier molecular flexibility index (Phi) is 6.91. The van der Waals surface area contributed by atoms with Gasteiger partial charge in [0, 0.05) is 20.0 Å². The molecule has 0 fully saturated rings. The van der Waals surface area contributed by atoms with Crippen LogP contribution in [-0.2, 0) is 22.6 Å². The molecule has 2 atom stereocenters. The third kappa shape index (κ3) is 5.25. The predicted octanol–water partition coefficient (Wildman–Crippen LogP) is 4.54. The monoisotopic (exact) mass is 464 g/mol. The maximum absolute atomic E-state index is 14.0. The highest BCUT2D eigenvalue weighted by atomic mass is 19.1. The first kappa shape index (κ1) is 23.4. The molecule has 0 aliphatic carbocycles. The topological polar surface area (TPSA) is 58.6 Å².